The summed E-state index contributed by atoms with van der Waals surface area (Å²) in [5.41, 5.74) is 0.715. The first kappa shape index (κ1) is 13.3. The summed E-state index contributed by atoms with van der Waals surface area (Å²) < 4.78 is 36.2. The molecule has 0 aliphatic carbocycles. The molecule has 5 heteroatoms. The standard InChI is InChI=1S/C9H17F3N2/c1-4-5-8(7(2)3)6-14(13)9(10,11)12/h6-7H,4-5,13H2,1-3H3/b8-6+. The zero-order chi connectivity index (χ0) is 11.4. The van der Waals surface area contributed by atoms with E-state index >= 15 is 0 Å². The Morgan fingerprint density at radius 2 is 1.93 bits per heavy atom. The minimum absolute atomic E-state index is 0.0864. The van der Waals surface area contributed by atoms with Crippen molar-refractivity contribution >= 4 is 0 Å². The predicted octanol–water partition coefficient (Wildman–Crippen LogP) is 3.02. The van der Waals surface area contributed by atoms with Crippen molar-refractivity contribution in [2.75, 3.05) is 0 Å². The lowest BCUT2D eigenvalue weighted by atomic mass is 10.00. The Hall–Kier alpha value is -0.710. The van der Waals surface area contributed by atoms with Gasteiger partial charge in [-0.2, -0.15) is 0 Å². The summed E-state index contributed by atoms with van der Waals surface area (Å²) in [6.45, 7) is 5.63. The van der Waals surface area contributed by atoms with Gasteiger partial charge in [-0.25, -0.2) is 10.9 Å². The lowest BCUT2D eigenvalue weighted by molar-refractivity contribution is -0.229. The van der Waals surface area contributed by atoms with E-state index in [2.05, 4.69) is 0 Å². The van der Waals surface area contributed by atoms with Gasteiger partial charge in [0.25, 0.3) is 0 Å². The smallest absolute Gasteiger partial charge is 0.241 e. The highest BCUT2D eigenvalue weighted by Crippen LogP contribution is 2.22. The van der Waals surface area contributed by atoms with E-state index in [1.54, 1.807) is 0 Å². The van der Waals surface area contributed by atoms with Crippen LogP contribution in [0.3, 0.4) is 0 Å². The van der Waals surface area contributed by atoms with Crippen molar-refractivity contribution in [3.8, 4) is 0 Å². The monoisotopic (exact) mass is 210 g/mol. The zero-order valence-corrected chi connectivity index (χ0v) is 8.73. The molecule has 0 spiro atoms. The highest BCUT2D eigenvalue weighted by atomic mass is 19.4. The molecule has 0 rings (SSSR count). The van der Waals surface area contributed by atoms with Crippen LogP contribution in [0.4, 0.5) is 13.2 Å². The molecule has 0 saturated carbocycles. The van der Waals surface area contributed by atoms with Crippen LogP contribution >= 0.6 is 0 Å². The van der Waals surface area contributed by atoms with Crippen molar-refractivity contribution in [1.82, 2.24) is 5.01 Å². The first-order valence-corrected chi connectivity index (χ1v) is 4.60. The predicted molar refractivity (Wildman–Crippen MR) is 49.9 cm³/mol. The minimum atomic E-state index is -4.49. The number of halogens is 3. The van der Waals surface area contributed by atoms with E-state index in [1.807, 2.05) is 20.8 Å². The summed E-state index contributed by atoms with van der Waals surface area (Å²) >= 11 is 0. The molecule has 84 valence electrons. The number of alkyl halides is 3. The fraction of sp³-hybridized carbons (Fsp3) is 0.778. The fourth-order valence-electron chi connectivity index (χ4n) is 1.04. The number of nitrogens with zero attached hydrogens (tertiary/aromatic N) is 1. The van der Waals surface area contributed by atoms with Gasteiger partial charge >= 0.3 is 6.30 Å². The molecule has 0 radical (unpaired) electrons. The van der Waals surface area contributed by atoms with E-state index in [9.17, 15) is 13.2 Å². The molecule has 0 bridgehead atoms. The molecule has 0 aromatic rings. The molecule has 0 fully saturated rings. The molecule has 0 unspecified atom stereocenters. The van der Waals surface area contributed by atoms with E-state index in [4.69, 9.17) is 5.84 Å². The Balaban J connectivity index is 4.56. The topological polar surface area (TPSA) is 29.3 Å². The van der Waals surface area contributed by atoms with Gasteiger partial charge in [0.2, 0.25) is 0 Å². The lowest BCUT2D eigenvalue weighted by Gasteiger charge is -2.20. The number of hydrogen-bond donors (Lipinski definition) is 1. The molecule has 2 N–H and O–H groups in total. The SMILES string of the molecule is CCC/C(=C\N(N)C(F)(F)F)C(C)C. The van der Waals surface area contributed by atoms with Crippen molar-refractivity contribution < 1.29 is 13.2 Å². The van der Waals surface area contributed by atoms with Crippen molar-refractivity contribution in [1.29, 1.82) is 0 Å². The first-order valence-electron chi connectivity index (χ1n) is 4.60. The van der Waals surface area contributed by atoms with E-state index in [-0.39, 0.29) is 10.9 Å². The van der Waals surface area contributed by atoms with Crippen molar-refractivity contribution in [2.45, 2.75) is 39.9 Å². The van der Waals surface area contributed by atoms with Crippen LogP contribution in [0.2, 0.25) is 0 Å². The number of hydrogen-bond acceptors (Lipinski definition) is 2. The van der Waals surface area contributed by atoms with Gasteiger partial charge in [0, 0.05) is 6.20 Å². The van der Waals surface area contributed by atoms with E-state index in [0.29, 0.717) is 12.0 Å². The molecule has 0 heterocycles. The molecular formula is C9H17F3N2. The molecule has 0 atom stereocenters. The van der Waals surface area contributed by atoms with Crippen LogP contribution in [0.1, 0.15) is 33.6 Å². The highest BCUT2D eigenvalue weighted by Gasteiger charge is 2.33. The Morgan fingerprint density at radius 1 is 1.43 bits per heavy atom. The average Bonchev–Trinajstić information content (AvgIpc) is 2.01. The van der Waals surface area contributed by atoms with Crippen LogP contribution in [0.5, 0.6) is 0 Å². The van der Waals surface area contributed by atoms with Gasteiger partial charge in [0.15, 0.2) is 0 Å². The summed E-state index contributed by atoms with van der Waals surface area (Å²) in [5.74, 6) is 4.94. The quantitative estimate of drug-likeness (QED) is 0.439. The molecule has 0 aromatic heterocycles. The number of rotatable bonds is 4. The summed E-state index contributed by atoms with van der Waals surface area (Å²) in [4.78, 5) is 0. The van der Waals surface area contributed by atoms with Crippen LogP contribution in [0, 0.1) is 5.92 Å². The number of nitrogens with two attached hydrogens (primary N) is 1. The maximum atomic E-state index is 12.1. The molecule has 0 amide bonds. The van der Waals surface area contributed by atoms with Crippen LogP contribution < -0.4 is 5.84 Å². The second-order valence-electron chi connectivity index (χ2n) is 3.48. The van der Waals surface area contributed by atoms with E-state index < -0.39 is 6.30 Å². The summed E-state index contributed by atoms with van der Waals surface area (Å²) in [5, 5.41) is -0.183. The fourth-order valence-corrected chi connectivity index (χ4v) is 1.04. The van der Waals surface area contributed by atoms with Crippen LogP contribution in [-0.2, 0) is 0 Å². The minimum Gasteiger partial charge on any atom is -0.241 e. The lowest BCUT2D eigenvalue weighted by Crippen LogP contribution is -2.39. The van der Waals surface area contributed by atoms with Crippen molar-refractivity contribution in [2.24, 2.45) is 11.8 Å². The Labute approximate surface area is 82.5 Å². The van der Waals surface area contributed by atoms with E-state index in [1.165, 1.54) is 0 Å². The van der Waals surface area contributed by atoms with Crippen LogP contribution in [0.25, 0.3) is 0 Å². The van der Waals surface area contributed by atoms with Crippen LogP contribution in [-0.4, -0.2) is 11.3 Å². The average molecular weight is 210 g/mol. The summed E-state index contributed by atoms with van der Waals surface area (Å²) in [7, 11) is 0. The van der Waals surface area contributed by atoms with Gasteiger partial charge in [-0.05, 0) is 17.9 Å². The normalized spacial score (nSPS) is 13.6. The number of hydrazine groups is 1. The second-order valence-corrected chi connectivity index (χ2v) is 3.48. The Morgan fingerprint density at radius 3 is 2.21 bits per heavy atom. The van der Waals surface area contributed by atoms with Gasteiger partial charge in [-0.15, -0.1) is 13.2 Å². The zero-order valence-electron chi connectivity index (χ0n) is 8.73. The van der Waals surface area contributed by atoms with Crippen LogP contribution in [0.15, 0.2) is 11.8 Å². The molecule has 0 saturated heterocycles. The largest absolute Gasteiger partial charge is 0.498 e. The first-order chi connectivity index (χ1) is 6.29. The van der Waals surface area contributed by atoms with Gasteiger partial charge in [-0.1, -0.05) is 27.2 Å². The van der Waals surface area contributed by atoms with Crippen molar-refractivity contribution in [3.05, 3.63) is 11.8 Å². The molecule has 2 nitrogen and oxygen atoms in total. The van der Waals surface area contributed by atoms with Gasteiger partial charge in [0.05, 0.1) is 0 Å². The molecule has 14 heavy (non-hydrogen) atoms. The van der Waals surface area contributed by atoms with Crippen molar-refractivity contribution in [3.63, 3.8) is 0 Å². The van der Waals surface area contributed by atoms with Gasteiger partial charge in [-0.3, -0.25) is 0 Å². The molecule has 0 aromatic carbocycles. The third-order valence-corrected chi connectivity index (χ3v) is 1.88. The molecule has 0 aliphatic heterocycles. The maximum absolute atomic E-state index is 12.1. The molecule has 0 aliphatic rings. The van der Waals surface area contributed by atoms with Gasteiger partial charge < -0.3 is 0 Å². The van der Waals surface area contributed by atoms with Gasteiger partial charge in [0.1, 0.15) is 0 Å². The Kier molecular flexibility index (Phi) is 4.97. The highest BCUT2D eigenvalue weighted by molar-refractivity contribution is 5.03. The molecular weight excluding hydrogens is 193 g/mol. The summed E-state index contributed by atoms with van der Waals surface area (Å²) in [6, 6.07) is 0. The summed E-state index contributed by atoms with van der Waals surface area (Å²) in [6.07, 6.45) is -2.06. The third-order valence-electron chi connectivity index (χ3n) is 1.88. The third kappa shape index (κ3) is 4.50. The second kappa shape index (κ2) is 5.24. The van der Waals surface area contributed by atoms with E-state index in [0.717, 1.165) is 12.6 Å². The maximum Gasteiger partial charge on any atom is 0.498 e. The Bertz CT molecular complexity index is 197. The number of allylic oxidation sites excluding steroid dienone is 1.